The predicted octanol–water partition coefficient (Wildman–Crippen LogP) is 6.06. The fourth-order valence-electron chi connectivity index (χ4n) is 2.43. The molecule has 9 heteroatoms. The Morgan fingerprint density at radius 3 is 2.79 bits per heavy atom. The van der Waals surface area contributed by atoms with Crippen molar-refractivity contribution in [1.82, 2.24) is 9.97 Å². The van der Waals surface area contributed by atoms with Gasteiger partial charge < -0.3 is 10.6 Å². The normalized spacial score (nSPS) is 10.7. The van der Waals surface area contributed by atoms with Crippen LogP contribution in [-0.4, -0.2) is 27.4 Å². The number of amides is 1. The average molecular weight is 449 g/mol. The maximum Gasteiger partial charge on any atom is 0.235 e. The van der Waals surface area contributed by atoms with E-state index in [4.69, 9.17) is 11.6 Å². The van der Waals surface area contributed by atoms with E-state index in [1.165, 1.54) is 29.3 Å². The molecule has 29 heavy (non-hydrogen) atoms. The lowest BCUT2D eigenvalue weighted by molar-refractivity contribution is -0.113. The van der Waals surface area contributed by atoms with E-state index in [2.05, 4.69) is 27.2 Å². The summed E-state index contributed by atoms with van der Waals surface area (Å²) < 4.78 is 13.4. The molecule has 0 bridgehead atoms. The molecule has 0 aliphatic heterocycles. The number of anilines is 3. The summed E-state index contributed by atoms with van der Waals surface area (Å²) in [6.07, 6.45) is 4.21. The molecule has 3 rings (SSSR count). The molecule has 0 aliphatic carbocycles. The van der Waals surface area contributed by atoms with E-state index in [1.807, 2.05) is 6.08 Å². The van der Waals surface area contributed by atoms with Crippen molar-refractivity contribution >= 4 is 67.2 Å². The van der Waals surface area contributed by atoms with Crippen LogP contribution in [-0.2, 0) is 4.79 Å². The number of hydrogen-bond acceptors (Lipinski definition) is 6. The predicted molar refractivity (Wildman–Crippen MR) is 123 cm³/mol. The zero-order chi connectivity index (χ0) is 20.6. The standard InChI is InChI=1S/C20H18ClFN4OS2/c1-2-3-8-28-29-11-19(27)25-13-5-7-18-15(9-13)20(24-12-23-18)26-14-4-6-17(22)16(21)10-14/h2,4-7,9-10,12H,1,3,8,11H2,(H,25,27)(H,23,24,26). The second-order valence-electron chi connectivity index (χ2n) is 5.92. The third-order valence-corrected chi connectivity index (χ3v) is 6.37. The van der Waals surface area contributed by atoms with Gasteiger partial charge in [0.25, 0.3) is 0 Å². The molecule has 0 saturated heterocycles. The van der Waals surface area contributed by atoms with Crippen LogP contribution < -0.4 is 10.6 Å². The highest BCUT2D eigenvalue weighted by Gasteiger charge is 2.09. The Hall–Kier alpha value is -2.29. The van der Waals surface area contributed by atoms with Crippen LogP contribution in [0.25, 0.3) is 10.9 Å². The van der Waals surface area contributed by atoms with E-state index in [-0.39, 0.29) is 10.9 Å². The van der Waals surface area contributed by atoms with E-state index < -0.39 is 5.82 Å². The molecule has 0 radical (unpaired) electrons. The second kappa shape index (κ2) is 10.5. The Kier molecular flexibility index (Phi) is 7.74. The SMILES string of the molecule is C=CCCSSCC(=O)Nc1ccc2ncnc(Nc3ccc(F)c(Cl)c3)c2c1. The number of carbonyl (C=O) groups excluding carboxylic acids is 1. The van der Waals surface area contributed by atoms with Crippen molar-refractivity contribution in [2.75, 3.05) is 22.1 Å². The number of halogens is 2. The Morgan fingerprint density at radius 1 is 1.17 bits per heavy atom. The van der Waals surface area contributed by atoms with E-state index in [0.717, 1.165) is 17.6 Å². The van der Waals surface area contributed by atoms with Crippen molar-refractivity contribution in [3.05, 3.63) is 66.2 Å². The Labute approximate surface area is 180 Å². The number of fused-ring (bicyclic) bond motifs is 1. The number of rotatable bonds is 9. The summed E-state index contributed by atoms with van der Waals surface area (Å²) in [7, 11) is 3.15. The summed E-state index contributed by atoms with van der Waals surface area (Å²) in [5.74, 6) is 1.23. The lowest BCUT2D eigenvalue weighted by Crippen LogP contribution is -2.13. The monoisotopic (exact) mass is 448 g/mol. The number of aromatic nitrogens is 2. The Morgan fingerprint density at radius 2 is 2.00 bits per heavy atom. The van der Waals surface area contributed by atoms with Gasteiger partial charge in [0.05, 0.1) is 16.3 Å². The zero-order valence-corrected chi connectivity index (χ0v) is 17.7. The third-order valence-electron chi connectivity index (χ3n) is 3.78. The minimum atomic E-state index is -0.490. The summed E-state index contributed by atoms with van der Waals surface area (Å²) in [5.41, 5.74) is 1.95. The van der Waals surface area contributed by atoms with Crippen molar-refractivity contribution in [2.45, 2.75) is 6.42 Å². The molecule has 0 aliphatic rings. The molecule has 3 aromatic rings. The van der Waals surface area contributed by atoms with Gasteiger partial charge in [0.2, 0.25) is 5.91 Å². The maximum atomic E-state index is 13.4. The number of benzene rings is 2. The maximum absolute atomic E-state index is 13.4. The number of carbonyl (C=O) groups is 1. The van der Waals surface area contributed by atoms with Crippen molar-refractivity contribution in [3.63, 3.8) is 0 Å². The van der Waals surface area contributed by atoms with Crippen molar-refractivity contribution < 1.29 is 9.18 Å². The van der Waals surface area contributed by atoms with Crippen LogP contribution in [0.1, 0.15) is 6.42 Å². The van der Waals surface area contributed by atoms with E-state index >= 15 is 0 Å². The largest absolute Gasteiger partial charge is 0.340 e. The summed E-state index contributed by atoms with van der Waals surface area (Å²) in [4.78, 5) is 20.7. The average Bonchev–Trinajstić information content (AvgIpc) is 2.71. The summed E-state index contributed by atoms with van der Waals surface area (Å²) in [5, 5.41) is 6.74. The van der Waals surface area contributed by atoms with Crippen LogP contribution in [0.5, 0.6) is 0 Å². The van der Waals surface area contributed by atoms with Crippen LogP contribution in [0.3, 0.4) is 0 Å². The molecule has 1 aromatic heterocycles. The lowest BCUT2D eigenvalue weighted by atomic mass is 10.2. The highest BCUT2D eigenvalue weighted by Crippen LogP contribution is 2.28. The van der Waals surface area contributed by atoms with Crippen molar-refractivity contribution in [2.24, 2.45) is 0 Å². The van der Waals surface area contributed by atoms with Crippen LogP contribution in [0, 0.1) is 5.82 Å². The molecule has 0 atom stereocenters. The van der Waals surface area contributed by atoms with E-state index in [9.17, 15) is 9.18 Å². The Balaban J connectivity index is 1.72. The van der Waals surface area contributed by atoms with Gasteiger partial charge in [-0.25, -0.2) is 14.4 Å². The van der Waals surface area contributed by atoms with Gasteiger partial charge in [-0.15, -0.1) is 6.58 Å². The number of allylic oxidation sites excluding steroid dienone is 1. The highest BCUT2D eigenvalue weighted by atomic mass is 35.5. The summed E-state index contributed by atoms with van der Waals surface area (Å²) in [6.45, 7) is 3.68. The van der Waals surface area contributed by atoms with E-state index in [0.29, 0.717) is 28.5 Å². The molecule has 0 unspecified atom stereocenters. The molecule has 2 N–H and O–H groups in total. The van der Waals surface area contributed by atoms with Gasteiger partial charge in [0, 0.05) is 22.5 Å². The molecule has 0 spiro atoms. The summed E-state index contributed by atoms with van der Waals surface area (Å²) >= 11 is 5.85. The molecule has 5 nitrogen and oxygen atoms in total. The van der Waals surface area contributed by atoms with Crippen molar-refractivity contribution in [1.29, 1.82) is 0 Å². The highest BCUT2D eigenvalue weighted by molar-refractivity contribution is 8.76. The molecule has 0 saturated carbocycles. The van der Waals surface area contributed by atoms with Crippen LogP contribution in [0.15, 0.2) is 55.4 Å². The third kappa shape index (κ3) is 6.09. The van der Waals surface area contributed by atoms with Crippen molar-refractivity contribution in [3.8, 4) is 0 Å². The molecular formula is C20H18ClFN4OS2. The fourth-order valence-corrected chi connectivity index (χ4v) is 4.46. The van der Waals surface area contributed by atoms with Gasteiger partial charge >= 0.3 is 0 Å². The fraction of sp³-hybridized carbons (Fsp3) is 0.150. The lowest BCUT2D eigenvalue weighted by Gasteiger charge is -2.11. The Bertz CT molecular complexity index is 1030. The minimum absolute atomic E-state index is 0.0183. The van der Waals surface area contributed by atoms with E-state index in [1.54, 1.807) is 35.1 Å². The molecule has 0 fully saturated rings. The molecular weight excluding hydrogens is 431 g/mol. The molecule has 1 heterocycles. The number of hydrogen-bond donors (Lipinski definition) is 2. The topological polar surface area (TPSA) is 66.9 Å². The van der Waals surface area contributed by atoms with Gasteiger partial charge in [-0.05, 0) is 42.8 Å². The van der Waals surface area contributed by atoms with Gasteiger partial charge in [0.1, 0.15) is 18.0 Å². The zero-order valence-electron chi connectivity index (χ0n) is 15.3. The number of nitrogens with one attached hydrogen (secondary N) is 2. The molecule has 150 valence electrons. The quantitative estimate of drug-likeness (QED) is 0.235. The first-order valence-electron chi connectivity index (χ1n) is 8.69. The van der Waals surface area contributed by atoms with Gasteiger partial charge in [-0.3, -0.25) is 4.79 Å². The first kappa shape index (κ1) is 21.4. The van der Waals surface area contributed by atoms with Crippen LogP contribution in [0.2, 0.25) is 5.02 Å². The number of nitrogens with zero attached hydrogens (tertiary/aromatic N) is 2. The van der Waals surface area contributed by atoms with Gasteiger partial charge in [-0.2, -0.15) is 0 Å². The minimum Gasteiger partial charge on any atom is -0.340 e. The smallest absolute Gasteiger partial charge is 0.235 e. The van der Waals surface area contributed by atoms with Crippen LogP contribution >= 0.6 is 33.2 Å². The molecule has 1 amide bonds. The molecule has 2 aromatic carbocycles. The second-order valence-corrected chi connectivity index (χ2v) is 8.91. The van der Waals surface area contributed by atoms with Crippen LogP contribution in [0.4, 0.5) is 21.6 Å². The van der Waals surface area contributed by atoms with Gasteiger partial charge in [0.15, 0.2) is 0 Å². The first-order valence-corrected chi connectivity index (χ1v) is 11.6. The first-order chi connectivity index (χ1) is 14.1. The summed E-state index contributed by atoms with van der Waals surface area (Å²) in [6, 6.07) is 9.74. The van der Waals surface area contributed by atoms with Gasteiger partial charge in [-0.1, -0.05) is 39.3 Å².